The summed E-state index contributed by atoms with van der Waals surface area (Å²) in [6.45, 7) is 5.38. The van der Waals surface area contributed by atoms with E-state index in [0.717, 1.165) is 11.1 Å². The van der Waals surface area contributed by atoms with Crippen LogP contribution in [0.25, 0.3) is 0 Å². The molecule has 1 aliphatic heterocycles. The minimum atomic E-state index is -0.702. The Morgan fingerprint density at radius 1 is 1.31 bits per heavy atom. The molecular weight excluding hydrogens is 378 g/mol. The number of nitrogens with one attached hydrogen (secondary N) is 1. The third-order valence-corrected chi connectivity index (χ3v) is 4.98. The molecule has 1 heterocycles. The first kappa shape index (κ1) is 22.3. The van der Waals surface area contributed by atoms with Crippen LogP contribution in [0.1, 0.15) is 53.7 Å². The summed E-state index contributed by atoms with van der Waals surface area (Å²) in [4.78, 5) is 35.3. The van der Waals surface area contributed by atoms with Gasteiger partial charge in [-0.15, -0.1) is 0 Å². The van der Waals surface area contributed by atoms with Gasteiger partial charge in [0, 0.05) is 17.5 Å². The van der Waals surface area contributed by atoms with Gasteiger partial charge in [0.25, 0.3) is 0 Å². The number of rotatable bonds is 8. The number of allylic oxidation sites excluding steroid dienone is 2. The molecule has 2 rings (SSSR count). The summed E-state index contributed by atoms with van der Waals surface area (Å²) in [6.07, 6.45) is 2.90. The van der Waals surface area contributed by atoms with E-state index in [9.17, 15) is 19.5 Å². The number of cyclic esters (lactones) is 1. The van der Waals surface area contributed by atoms with Crippen molar-refractivity contribution in [3.8, 4) is 11.5 Å². The Bertz CT molecular complexity index is 857. The van der Waals surface area contributed by atoms with Gasteiger partial charge in [0.1, 0.15) is 29.7 Å². The van der Waals surface area contributed by atoms with E-state index in [1.54, 1.807) is 6.92 Å². The Labute approximate surface area is 169 Å². The molecule has 8 heteroatoms. The average Bonchev–Trinajstić information content (AvgIpc) is 3.09. The number of amides is 1. The number of ether oxygens (including phenoxy) is 3. The highest BCUT2D eigenvalue weighted by molar-refractivity contribution is 5.98. The molecule has 29 heavy (non-hydrogen) atoms. The molecule has 0 saturated carbocycles. The number of aromatic hydroxyl groups is 1. The Hall–Kier alpha value is -3.03. The van der Waals surface area contributed by atoms with Gasteiger partial charge in [-0.2, -0.15) is 0 Å². The Kier molecular flexibility index (Phi) is 7.25. The Morgan fingerprint density at radius 2 is 2.00 bits per heavy atom. The minimum Gasteiger partial charge on any atom is -0.507 e. The maximum absolute atomic E-state index is 12.0. The number of phenols is 1. The zero-order valence-corrected chi connectivity index (χ0v) is 17.4. The zero-order chi connectivity index (χ0) is 21.7. The molecule has 158 valence electrons. The van der Waals surface area contributed by atoms with Gasteiger partial charge < -0.3 is 24.6 Å². The third kappa shape index (κ3) is 4.88. The number of fused-ring (bicyclic) bond motifs is 1. The van der Waals surface area contributed by atoms with E-state index in [4.69, 9.17) is 9.47 Å². The molecule has 2 N–H and O–H groups in total. The van der Waals surface area contributed by atoms with Gasteiger partial charge in [0.05, 0.1) is 14.2 Å². The number of esters is 2. The fourth-order valence-corrected chi connectivity index (χ4v) is 3.27. The first-order chi connectivity index (χ1) is 13.7. The number of phenolic OH excluding ortho intramolecular Hbond substituents is 1. The van der Waals surface area contributed by atoms with Crippen LogP contribution in [0.5, 0.6) is 11.5 Å². The van der Waals surface area contributed by atoms with E-state index in [-0.39, 0.29) is 30.2 Å². The summed E-state index contributed by atoms with van der Waals surface area (Å²) in [5.41, 5.74) is 3.04. The van der Waals surface area contributed by atoms with Gasteiger partial charge in [0.15, 0.2) is 0 Å². The van der Waals surface area contributed by atoms with Gasteiger partial charge in [-0.25, -0.2) is 9.59 Å². The lowest BCUT2D eigenvalue weighted by atomic mass is 9.94. The van der Waals surface area contributed by atoms with Crippen LogP contribution in [0, 0.1) is 6.92 Å². The lowest BCUT2D eigenvalue weighted by Gasteiger charge is -2.16. The highest BCUT2D eigenvalue weighted by Gasteiger charge is 2.31. The molecule has 8 nitrogen and oxygen atoms in total. The topological polar surface area (TPSA) is 111 Å². The Morgan fingerprint density at radius 3 is 2.62 bits per heavy atom. The monoisotopic (exact) mass is 405 g/mol. The van der Waals surface area contributed by atoms with Crippen LogP contribution in [0.3, 0.4) is 0 Å². The quantitative estimate of drug-likeness (QED) is 0.504. The number of carbonyl (C=O) groups is 3. The van der Waals surface area contributed by atoms with E-state index in [2.05, 4.69) is 10.1 Å². The first-order valence-corrected chi connectivity index (χ1v) is 9.32. The number of carbonyl (C=O) groups excluding carboxylic acids is 3. The number of hydrogen-bond donors (Lipinski definition) is 2. The zero-order valence-electron chi connectivity index (χ0n) is 17.4. The highest BCUT2D eigenvalue weighted by atomic mass is 16.5. The minimum absolute atomic E-state index is 0.123. The standard InChI is InChI=1S/C21H27NO7/c1-11(7-9-16(23)22-13(3)20(25)28-5)6-8-14-18(24)17-15(10-29-21(17)26)12(2)19(14)27-4/h6,13,24H,7-10H2,1-5H3,(H,22,23)/t13-/m0/s1. The first-order valence-electron chi connectivity index (χ1n) is 9.32. The molecule has 0 saturated heterocycles. The van der Waals surface area contributed by atoms with E-state index >= 15 is 0 Å². The van der Waals surface area contributed by atoms with Gasteiger partial charge in [-0.1, -0.05) is 11.6 Å². The van der Waals surface area contributed by atoms with Crippen LogP contribution in [0.4, 0.5) is 0 Å². The van der Waals surface area contributed by atoms with Crippen LogP contribution in [-0.2, 0) is 32.1 Å². The van der Waals surface area contributed by atoms with Crippen molar-refractivity contribution in [2.75, 3.05) is 14.2 Å². The van der Waals surface area contributed by atoms with Gasteiger partial charge in [0.2, 0.25) is 5.91 Å². The molecule has 0 spiro atoms. The summed E-state index contributed by atoms with van der Waals surface area (Å²) in [7, 11) is 2.78. The molecule has 1 atom stereocenters. The van der Waals surface area contributed by atoms with Crippen molar-refractivity contribution in [2.24, 2.45) is 0 Å². The smallest absolute Gasteiger partial charge is 0.342 e. The second-order valence-corrected chi connectivity index (χ2v) is 6.98. The van der Waals surface area contributed by atoms with Crippen LogP contribution in [0.15, 0.2) is 11.6 Å². The van der Waals surface area contributed by atoms with Gasteiger partial charge >= 0.3 is 11.9 Å². The van der Waals surface area contributed by atoms with Crippen molar-refractivity contribution < 1.29 is 33.7 Å². The van der Waals surface area contributed by atoms with Crippen molar-refractivity contribution in [1.29, 1.82) is 0 Å². The molecule has 1 aromatic rings. The number of benzene rings is 1. The van der Waals surface area contributed by atoms with Crippen LogP contribution in [0.2, 0.25) is 0 Å². The summed E-state index contributed by atoms with van der Waals surface area (Å²) >= 11 is 0. The molecule has 1 amide bonds. The molecule has 0 unspecified atom stereocenters. The van der Waals surface area contributed by atoms with Crippen molar-refractivity contribution in [3.05, 3.63) is 33.9 Å². The van der Waals surface area contributed by atoms with Gasteiger partial charge in [-0.05, 0) is 39.2 Å². The molecule has 1 aromatic carbocycles. The van der Waals surface area contributed by atoms with E-state index < -0.39 is 18.0 Å². The molecule has 0 aromatic heterocycles. The van der Waals surface area contributed by atoms with Gasteiger partial charge in [-0.3, -0.25) is 4.79 Å². The predicted molar refractivity (Wildman–Crippen MR) is 105 cm³/mol. The summed E-state index contributed by atoms with van der Waals surface area (Å²) in [5, 5.41) is 13.2. The molecule has 0 bridgehead atoms. The fraction of sp³-hybridized carbons (Fsp3) is 0.476. The average molecular weight is 405 g/mol. The van der Waals surface area contributed by atoms with Crippen molar-refractivity contribution in [1.82, 2.24) is 5.32 Å². The Balaban J connectivity index is 2.08. The number of hydrogen-bond acceptors (Lipinski definition) is 7. The molecular formula is C21H27NO7. The molecule has 1 aliphatic rings. The fourth-order valence-electron chi connectivity index (χ4n) is 3.27. The largest absolute Gasteiger partial charge is 0.507 e. The molecule has 0 aliphatic carbocycles. The van der Waals surface area contributed by atoms with Crippen LogP contribution < -0.4 is 10.1 Å². The van der Waals surface area contributed by atoms with Crippen LogP contribution >= 0.6 is 0 Å². The SMILES string of the molecule is COC(=O)[C@H](C)NC(=O)CCC(C)=CCc1c(O)c2c(c(C)c1OC)COC2=O. The number of methoxy groups -OCH3 is 2. The predicted octanol–water partition coefficient (Wildman–Crippen LogP) is 2.33. The lowest BCUT2D eigenvalue weighted by molar-refractivity contribution is -0.144. The lowest BCUT2D eigenvalue weighted by Crippen LogP contribution is -2.39. The van der Waals surface area contributed by atoms with E-state index in [1.165, 1.54) is 14.2 Å². The van der Waals surface area contributed by atoms with Crippen LogP contribution in [-0.4, -0.2) is 43.2 Å². The van der Waals surface area contributed by atoms with Crippen molar-refractivity contribution in [2.45, 2.75) is 52.7 Å². The maximum atomic E-state index is 12.0. The van der Waals surface area contributed by atoms with E-state index in [0.29, 0.717) is 29.7 Å². The normalized spacial score (nSPS) is 14.1. The van der Waals surface area contributed by atoms with Crippen molar-refractivity contribution in [3.63, 3.8) is 0 Å². The highest BCUT2D eigenvalue weighted by Crippen LogP contribution is 2.42. The molecule has 0 radical (unpaired) electrons. The second kappa shape index (κ2) is 9.45. The maximum Gasteiger partial charge on any atom is 0.342 e. The summed E-state index contributed by atoms with van der Waals surface area (Å²) in [6, 6.07) is -0.702. The third-order valence-electron chi connectivity index (χ3n) is 4.98. The summed E-state index contributed by atoms with van der Waals surface area (Å²) in [5.74, 6) is -0.903. The summed E-state index contributed by atoms with van der Waals surface area (Å²) < 4.78 is 15.1. The molecule has 0 fully saturated rings. The van der Waals surface area contributed by atoms with Crippen molar-refractivity contribution >= 4 is 17.8 Å². The van der Waals surface area contributed by atoms with E-state index in [1.807, 2.05) is 19.9 Å². The second-order valence-electron chi connectivity index (χ2n) is 6.98.